The van der Waals surface area contributed by atoms with Crippen LogP contribution in [-0.4, -0.2) is 17.3 Å². The predicted octanol–water partition coefficient (Wildman–Crippen LogP) is 2.41. The van der Waals surface area contributed by atoms with E-state index < -0.39 is 0 Å². The number of methoxy groups -OCH3 is 1. The lowest BCUT2D eigenvalue weighted by molar-refractivity contribution is 0.411. The smallest absolute Gasteiger partial charge is 0.172 e. The van der Waals surface area contributed by atoms with Gasteiger partial charge < -0.3 is 20.0 Å². The van der Waals surface area contributed by atoms with Crippen LogP contribution in [0.15, 0.2) is 35.0 Å². The van der Waals surface area contributed by atoms with Gasteiger partial charge in [-0.15, -0.1) is 0 Å². The van der Waals surface area contributed by atoms with Crippen LogP contribution in [0, 0.1) is 0 Å². The number of ether oxygens (including phenoxy) is 1. The van der Waals surface area contributed by atoms with Gasteiger partial charge in [0.1, 0.15) is 5.75 Å². The molecule has 2 heterocycles. The Morgan fingerprint density at radius 1 is 1.35 bits per heavy atom. The zero-order valence-corrected chi connectivity index (χ0v) is 9.23. The number of fused-ring (bicyclic) bond motifs is 1. The van der Waals surface area contributed by atoms with Gasteiger partial charge in [0.2, 0.25) is 0 Å². The molecule has 0 aliphatic carbocycles. The van der Waals surface area contributed by atoms with Crippen molar-refractivity contribution in [2.75, 3.05) is 12.8 Å². The highest BCUT2D eigenvalue weighted by Gasteiger charge is 2.14. The van der Waals surface area contributed by atoms with Crippen LogP contribution in [0.4, 0.5) is 5.82 Å². The third kappa shape index (κ3) is 1.44. The molecule has 86 valence electrons. The first-order valence-electron chi connectivity index (χ1n) is 5.16. The Labute approximate surface area is 97.2 Å². The van der Waals surface area contributed by atoms with Gasteiger partial charge in [-0.2, -0.15) is 0 Å². The Morgan fingerprint density at radius 2 is 2.24 bits per heavy atom. The monoisotopic (exact) mass is 229 g/mol. The Kier molecular flexibility index (Phi) is 2.04. The Morgan fingerprint density at radius 3 is 2.94 bits per heavy atom. The molecule has 0 radical (unpaired) electrons. The minimum absolute atomic E-state index is 0.358. The molecule has 0 fully saturated rings. The molecular weight excluding hydrogens is 218 g/mol. The van der Waals surface area contributed by atoms with Crippen LogP contribution in [0.3, 0.4) is 0 Å². The van der Waals surface area contributed by atoms with Crippen molar-refractivity contribution < 1.29 is 9.26 Å². The number of benzene rings is 1. The van der Waals surface area contributed by atoms with Gasteiger partial charge in [0, 0.05) is 23.2 Å². The number of nitrogens with one attached hydrogen (secondary N) is 1. The highest BCUT2D eigenvalue weighted by Crippen LogP contribution is 2.36. The number of nitrogens with zero attached hydrogens (tertiary/aromatic N) is 1. The number of hydrogen-bond acceptors (Lipinski definition) is 4. The SMILES string of the molecule is COc1c(-c2cc(N)no2)ccc2[nH]ccc12. The van der Waals surface area contributed by atoms with Gasteiger partial charge in [-0.05, 0) is 18.2 Å². The van der Waals surface area contributed by atoms with E-state index in [4.69, 9.17) is 15.0 Å². The number of H-pyrrole nitrogens is 1. The number of aromatic amines is 1. The number of nitrogen functional groups attached to an aromatic ring is 1. The fourth-order valence-electron chi connectivity index (χ4n) is 1.94. The van der Waals surface area contributed by atoms with E-state index in [1.165, 1.54) is 0 Å². The molecule has 5 nitrogen and oxygen atoms in total. The lowest BCUT2D eigenvalue weighted by atomic mass is 10.1. The zero-order chi connectivity index (χ0) is 11.8. The molecule has 3 rings (SSSR count). The van der Waals surface area contributed by atoms with E-state index in [2.05, 4.69) is 10.1 Å². The fourth-order valence-corrected chi connectivity index (χ4v) is 1.94. The van der Waals surface area contributed by atoms with Gasteiger partial charge in [0.05, 0.1) is 12.7 Å². The Balaban J connectivity index is 2.28. The number of hydrogen-bond donors (Lipinski definition) is 2. The maximum Gasteiger partial charge on any atom is 0.172 e. The Hall–Kier alpha value is -2.43. The predicted molar refractivity (Wildman–Crippen MR) is 64.8 cm³/mol. The van der Waals surface area contributed by atoms with Crippen LogP contribution in [0.5, 0.6) is 5.75 Å². The van der Waals surface area contributed by atoms with Gasteiger partial charge >= 0.3 is 0 Å². The van der Waals surface area contributed by atoms with Crippen molar-refractivity contribution >= 4 is 16.7 Å². The summed E-state index contributed by atoms with van der Waals surface area (Å²) in [5.74, 6) is 1.71. The molecule has 0 atom stereocenters. The molecule has 0 aliphatic heterocycles. The maximum atomic E-state index is 5.55. The summed E-state index contributed by atoms with van der Waals surface area (Å²) < 4.78 is 10.6. The molecule has 0 saturated carbocycles. The number of anilines is 1. The second-order valence-corrected chi connectivity index (χ2v) is 3.70. The van der Waals surface area contributed by atoms with Crippen LogP contribution in [0.2, 0.25) is 0 Å². The van der Waals surface area contributed by atoms with Gasteiger partial charge in [0.25, 0.3) is 0 Å². The first-order valence-corrected chi connectivity index (χ1v) is 5.16. The molecule has 17 heavy (non-hydrogen) atoms. The van der Waals surface area contributed by atoms with E-state index >= 15 is 0 Å². The molecule has 0 unspecified atom stereocenters. The minimum atomic E-state index is 0.358. The highest BCUT2D eigenvalue weighted by molar-refractivity contribution is 5.92. The summed E-state index contributed by atoms with van der Waals surface area (Å²) in [6.45, 7) is 0. The average Bonchev–Trinajstić information content (AvgIpc) is 2.95. The summed E-state index contributed by atoms with van der Waals surface area (Å²) >= 11 is 0. The van der Waals surface area contributed by atoms with Gasteiger partial charge in [-0.25, -0.2) is 0 Å². The van der Waals surface area contributed by atoms with Crippen molar-refractivity contribution in [3.8, 4) is 17.1 Å². The van der Waals surface area contributed by atoms with E-state index in [9.17, 15) is 0 Å². The number of nitrogens with two attached hydrogens (primary N) is 1. The highest BCUT2D eigenvalue weighted by atomic mass is 16.5. The summed E-state index contributed by atoms with van der Waals surface area (Å²) in [5, 5.41) is 4.68. The van der Waals surface area contributed by atoms with E-state index in [-0.39, 0.29) is 0 Å². The lowest BCUT2D eigenvalue weighted by Gasteiger charge is -2.06. The molecule has 0 amide bonds. The minimum Gasteiger partial charge on any atom is -0.495 e. The molecule has 3 N–H and O–H groups in total. The van der Waals surface area contributed by atoms with Crippen molar-refractivity contribution in [2.24, 2.45) is 0 Å². The van der Waals surface area contributed by atoms with E-state index in [0.717, 1.165) is 22.2 Å². The van der Waals surface area contributed by atoms with E-state index in [1.807, 2.05) is 24.4 Å². The molecular formula is C12H11N3O2. The quantitative estimate of drug-likeness (QED) is 0.707. The van der Waals surface area contributed by atoms with Crippen LogP contribution in [-0.2, 0) is 0 Å². The molecule has 0 bridgehead atoms. The summed E-state index contributed by atoms with van der Waals surface area (Å²) in [7, 11) is 1.63. The van der Waals surface area contributed by atoms with Crippen LogP contribution < -0.4 is 10.5 Å². The Bertz CT molecular complexity index is 669. The summed E-state index contributed by atoms with van der Waals surface area (Å²) in [4.78, 5) is 3.13. The maximum absolute atomic E-state index is 5.55. The third-order valence-electron chi connectivity index (χ3n) is 2.68. The van der Waals surface area contributed by atoms with Crippen LogP contribution in [0.1, 0.15) is 0 Å². The van der Waals surface area contributed by atoms with Crippen molar-refractivity contribution in [1.29, 1.82) is 0 Å². The van der Waals surface area contributed by atoms with E-state index in [1.54, 1.807) is 13.2 Å². The van der Waals surface area contributed by atoms with Gasteiger partial charge in [-0.3, -0.25) is 0 Å². The molecule has 0 aliphatic rings. The fraction of sp³-hybridized carbons (Fsp3) is 0.0833. The molecule has 3 aromatic rings. The summed E-state index contributed by atoms with van der Waals surface area (Å²) in [6.07, 6.45) is 1.87. The standard InChI is InChI=1S/C12H11N3O2/c1-16-12-7-4-5-14-9(7)3-2-8(12)10-6-11(13)15-17-10/h2-6,14H,1H3,(H2,13,15). The first-order chi connectivity index (χ1) is 8.29. The number of rotatable bonds is 2. The molecule has 5 heteroatoms. The van der Waals surface area contributed by atoms with Crippen LogP contribution in [0.25, 0.3) is 22.2 Å². The molecule has 0 saturated heterocycles. The van der Waals surface area contributed by atoms with Crippen molar-refractivity contribution in [3.63, 3.8) is 0 Å². The average molecular weight is 229 g/mol. The largest absolute Gasteiger partial charge is 0.495 e. The van der Waals surface area contributed by atoms with Crippen LogP contribution >= 0.6 is 0 Å². The van der Waals surface area contributed by atoms with Crippen molar-refractivity contribution in [3.05, 3.63) is 30.5 Å². The molecule has 1 aromatic carbocycles. The first kappa shape index (κ1) is 9.77. The summed E-state index contributed by atoms with van der Waals surface area (Å²) in [6, 6.07) is 7.51. The van der Waals surface area contributed by atoms with Crippen molar-refractivity contribution in [2.45, 2.75) is 0 Å². The van der Waals surface area contributed by atoms with Gasteiger partial charge in [-0.1, -0.05) is 5.16 Å². The second-order valence-electron chi connectivity index (χ2n) is 3.70. The van der Waals surface area contributed by atoms with Crippen molar-refractivity contribution in [1.82, 2.24) is 10.1 Å². The normalized spacial score (nSPS) is 10.9. The topological polar surface area (TPSA) is 77.1 Å². The zero-order valence-electron chi connectivity index (χ0n) is 9.23. The van der Waals surface area contributed by atoms with E-state index in [0.29, 0.717) is 11.6 Å². The summed E-state index contributed by atoms with van der Waals surface area (Å²) in [5.41, 5.74) is 7.40. The molecule has 0 spiro atoms. The molecule has 2 aromatic heterocycles. The second kappa shape index (κ2) is 3.55. The third-order valence-corrected chi connectivity index (χ3v) is 2.68. The number of aromatic nitrogens is 2. The van der Waals surface area contributed by atoms with Gasteiger partial charge in [0.15, 0.2) is 11.6 Å². The lowest BCUT2D eigenvalue weighted by Crippen LogP contribution is -1.88.